The van der Waals surface area contributed by atoms with E-state index in [1.165, 1.54) is 18.7 Å². The van der Waals surface area contributed by atoms with Gasteiger partial charge in [-0.25, -0.2) is 4.79 Å². The molecular formula is C20H38N4O6S. The zero-order valence-corrected chi connectivity index (χ0v) is 20.0. The number of aliphatic hydroxyl groups is 1. The molecule has 0 aliphatic carbocycles. The zero-order valence-electron chi connectivity index (χ0n) is 19.2. The Hall–Kier alpha value is -1.85. The first kappa shape index (κ1) is 29.1. The fourth-order valence-corrected chi connectivity index (χ4v) is 3.17. The Kier molecular flexibility index (Phi) is 13.4. The molecule has 0 rings (SSSR count). The maximum absolute atomic E-state index is 12.8. The van der Waals surface area contributed by atoms with Crippen LogP contribution in [0.5, 0.6) is 0 Å². The number of amides is 3. The van der Waals surface area contributed by atoms with Crippen molar-refractivity contribution in [3.63, 3.8) is 0 Å². The van der Waals surface area contributed by atoms with Gasteiger partial charge in [-0.2, -0.15) is 11.8 Å². The third-order valence-electron chi connectivity index (χ3n) is 5.10. The summed E-state index contributed by atoms with van der Waals surface area (Å²) in [5.74, 6) is -3.10. The average molecular weight is 463 g/mol. The lowest BCUT2D eigenvalue weighted by atomic mass is 9.98. The van der Waals surface area contributed by atoms with Gasteiger partial charge < -0.3 is 31.9 Å². The van der Waals surface area contributed by atoms with Crippen LogP contribution in [-0.4, -0.2) is 76.2 Å². The number of nitrogens with one attached hydrogen (secondary N) is 3. The highest BCUT2D eigenvalue weighted by atomic mass is 32.2. The Labute approximate surface area is 188 Å². The van der Waals surface area contributed by atoms with E-state index in [2.05, 4.69) is 16.0 Å². The van der Waals surface area contributed by atoms with Crippen LogP contribution in [0.25, 0.3) is 0 Å². The molecule has 11 heteroatoms. The number of aliphatic carboxylic acids is 1. The standard InChI is InChI=1S/C20H38N4O6S/c1-7-11(4)14(21)18(27)24-16(12(5)25)19(28)22-13(8-9-31-6)17(26)23-15(10(2)3)20(29)30/h10-16,25H,7-9,21H2,1-6H3,(H,22,28)(H,23,26)(H,24,27)(H,29,30). The molecule has 6 unspecified atom stereocenters. The Morgan fingerprint density at radius 1 is 0.935 bits per heavy atom. The highest BCUT2D eigenvalue weighted by molar-refractivity contribution is 7.98. The molecule has 0 saturated carbocycles. The van der Waals surface area contributed by atoms with Crippen molar-refractivity contribution in [2.24, 2.45) is 17.6 Å². The molecule has 0 aromatic rings. The molecule has 0 radical (unpaired) electrons. The van der Waals surface area contributed by atoms with E-state index in [9.17, 15) is 29.4 Å². The minimum Gasteiger partial charge on any atom is -0.480 e. The Balaban J connectivity index is 5.41. The van der Waals surface area contributed by atoms with Crippen molar-refractivity contribution in [2.75, 3.05) is 12.0 Å². The largest absolute Gasteiger partial charge is 0.480 e. The molecule has 0 bridgehead atoms. The van der Waals surface area contributed by atoms with Gasteiger partial charge in [-0.05, 0) is 37.2 Å². The van der Waals surface area contributed by atoms with E-state index in [1.54, 1.807) is 20.8 Å². The van der Waals surface area contributed by atoms with E-state index in [-0.39, 0.29) is 18.3 Å². The predicted octanol–water partition coefficient (Wildman–Crippen LogP) is -0.311. The average Bonchev–Trinajstić information content (AvgIpc) is 2.70. The van der Waals surface area contributed by atoms with Gasteiger partial charge in [0.2, 0.25) is 17.7 Å². The van der Waals surface area contributed by atoms with Crippen molar-refractivity contribution in [1.29, 1.82) is 0 Å². The third-order valence-corrected chi connectivity index (χ3v) is 5.74. The molecule has 0 aromatic carbocycles. The molecule has 0 aliphatic rings. The van der Waals surface area contributed by atoms with Gasteiger partial charge in [-0.1, -0.05) is 34.1 Å². The summed E-state index contributed by atoms with van der Waals surface area (Å²) in [7, 11) is 0. The van der Waals surface area contributed by atoms with Crippen LogP contribution in [0, 0.1) is 11.8 Å². The first-order chi connectivity index (χ1) is 14.4. The van der Waals surface area contributed by atoms with E-state index >= 15 is 0 Å². The lowest BCUT2D eigenvalue weighted by Crippen LogP contribution is -2.60. The summed E-state index contributed by atoms with van der Waals surface area (Å²) in [6.07, 6.45) is 1.51. The predicted molar refractivity (Wildman–Crippen MR) is 120 cm³/mol. The highest BCUT2D eigenvalue weighted by Crippen LogP contribution is 2.08. The van der Waals surface area contributed by atoms with Gasteiger partial charge in [-0.15, -0.1) is 0 Å². The van der Waals surface area contributed by atoms with E-state index in [4.69, 9.17) is 5.73 Å². The number of carbonyl (C=O) groups is 4. The van der Waals surface area contributed by atoms with Gasteiger partial charge in [0.1, 0.15) is 18.1 Å². The van der Waals surface area contributed by atoms with Crippen LogP contribution in [0.4, 0.5) is 0 Å². The molecule has 0 saturated heterocycles. The summed E-state index contributed by atoms with van der Waals surface area (Å²) in [5.41, 5.74) is 5.90. The van der Waals surface area contributed by atoms with Crippen molar-refractivity contribution >= 4 is 35.5 Å². The molecule has 31 heavy (non-hydrogen) atoms. The zero-order chi connectivity index (χ0) is 24.3. The third kappa shape index (κ3) is 9.88. The number of carbonyl (C=O) groups excluding carboxylic acids is 3. The van der Waals surface area contributed by atoms with Crippen molar-refractivity contribution in [3.8, 4) is 0 Å². The SMILES string of the molecule is CCC(C)C(N)C(=O)NC(C(=O)NC(CCSC)C(=O)NC(C(=O)O)C(C)C)C(C)O. The van der Waals surface area contributed by atoms with Crippen LogP contribution in [0.2, 0.25) is 0 Å². The first-order valence-corrected chi connectivity index (χ1v) is 11.8. The molecule has 0 spiro atoms. The number of hydrogen-bond acceptors (Lipinski definition) is 7. The topological polar surface area (TPSA) is 171 Å². The molecule has 180 valence electrons. The van der Waals surface area contributed by atoms with Crippen LogP contribution in [-0.2, 0) is 19.2 Å². The summed E-state index contributed by atoms with van der Waals surface area (Å²) < 4.78 is 0. The normalized spacial score (nSPS) is 17.1. The minimum absolute atomic E-state index is 0.123. The number of rotatable bonds is 14. The van der Waals surface area contributed by atoms with Crippen LogP contribution >= 0.6 is 11.8 Å². The maximum Gasteiger partial charge on any atom is 0.326 e. The number of nitrogens with two attached hydrogens (primary N) is 1. The Morgan fingerprint density at radius 2 is 1.48 bits per heavy atom. The lowest BCUT2D eigenvalue weighted by molar-refractivity contribution is -0.143. The second-order valence-electron chi connectivity index (χ2n) is 8.05. The number of hydrogen-bond donors (Lipinski definition) is 6. The van der Waals surface area contributed by atoms with Crippen LogP contribution < -0.4 is 21.7 Å². The fraction of sp³-hybridized carbons (Fsp3) is 0.800. The second kappa shape index (κ2) is 14.3. The molecule has 0 heterocycles. The van der Waals surface area contributed by atoms with Crippen molar-refractivity contribution in [1.82, 2.24) is 16.0 Å². The molecule has 7 N–H and O–H groups in total. The summed E-state index contributed by atoms with van der Waals surface area (Å²) >= 11 is 1.46. The van der Waals surface area contributed by atoms with E-state index in [0.717, 1.165) is 0 Å². The van der Waals surface area contributed by atoms with Gasteiger partial charge in [0.25, 0.3) is 0 Å². The maximum atomic E-state index is 12.8. The van der Waals surface area contributed by atoms with Gasteiger partial charge in [0, 0.05) is 0 Å². The van der Waals surface area contributed by atoms with Crippen molar-refractivity contribution < 1.29 is 29.4 Å². The minimum atomic E-state index is -1.31. The van der Waals surface area contributed by atoms with Gasteiger partial charge in [0.15, 0.2) is 0 Å². The van der Waals surface area contributed by atoms with Crippen molar-refractivity contribution in [2.45, 2.75) is 77.7 Å². The number of carboxylic acids is 1. The molecule has 6 atom stereocenters. The highest BCUT2D eigenvalue weighted by Gasteiger charge is 2.33. The van der Waals surface area contributed by atoms with E-state index in [1.807, 2.05) is 13.2 Å². The molecule has 0 aromatic heterocycles. The number of carboxylic acid groups (broad SMARTS) is 1. The lowest BCUT2D eigenvalue weighted by Gasteiger charge is -2.27. The molecule has 0 fully saturated rings. The number of aliphatic hydroxyl groups excluding tert-OH is 1. The Bertz CT molecular complexity index is 616. The van der Waals surface area contributed by atoms with Gasteiger partial charge in [0.05, 0.1) is 12.1 Å². The summed E-state index contributed by atoms with van der Waals surface area (Å²) in [4.78, 5) is 49.2. The summed E-state index contributed by atoms with van der Waals surface area (Å²) in [5, 5.41) is 26.8. The molecule has 10 nitrogen and oxygen atoms in total. The van der Waals surface area contributed by atoms with Gasteiger partial charge in [-0.3, -0.25) is 14.4 Å². The van der Waals surface area contributed by atoms with Crippen molar-refractivity contribution in [3.05, 3.63) is 0 Å². The Morgan fingerprint density at radius 3 is 1.90 bits per heavy atom. The summed E-state index contributed by atoms with van der Waals surface area (Å²) in [6, 6.07) is -4.30. The molecule has 3 amide bonds. The van der Waals surface area contributed by atoms with Crippen LogP contribution in [0.1, 0.15) is 47.5 Å². The smallest absolute Gasteiger partial charge is 0.326 e. The molecule has 0 aliphatic heterocycles. The number of thioether (sulfide) groups is 1. The van der Waals surface area contributed by atoms with Crippen LogP contribution in [0.3, 0.4) is 0 Å². The van der Waals surface area contributed by atoms with Crippen LogP contribution in [0.15, 0.2) is 0 Å². The fourth-order valence-electron chi connectivity index (χ4n) is 2.70. The summed E-state index contributed by atoms with van der Waals surface area (Å²) in [6.45, 7) is 8.35. The van der Waals surface area contributed by atoms with E-state index in [0.29, 0.717) is 12.2 Å². The quantitative estimate of drug-likeness (QED) is 0.204. The monoisotopic (exact) mass is 462 g/mol. The van der Waals surface area contributed by atoms with Gasteiger partial charge >= 0.3 is 5.97 Å². The van der Waals surface area contributed by atoms with E-state index < -0.39 is 54.0 Å². The second-order valence-corrected chi connectivity index (χ2v) is 9.03. The first-order valence-electron chi connectivity index (χ1n) is 10.4. The molecular weight excluding hydrogens is 424 g/mol.